The minimum absolute atomic E-state index is 0.0588. The van der Waals surface area contributed by atoms with E-state index >= 15 is 0 Å². The molecule has 3 nitrogen and oxygen atoms in total. The first-order chi connectivity index (χ1) is 9.47. The summed E-state index contributed by atoms with van der Waals surface area (Å²) < 4.78 is 6.03. The van der Waals surface area contributed by atoms with Crippen molar-refractivity contribution in [2.45, 2.75) is 77.0 Å². The predicted molar refractivity (Wildman–Crippen MR) is 82.7 cm³/mol. The maximum Gasteiger partial charge on any atom is 0.0690 e. The van der Waals surface area contributed by atoms with Crippen LogP contribution >= 0.6 is 0 Å². The average molecular weight is 280 g/mol. The van der Waals surface area contributed by atoms with Crippen LogP contribution in [0.25, 0.3) is 0 Å². The lowest BCUT2D eigenvalue weighted by atomic mass is 9.46. The van der Waals surface area contributed by atoms with Crippen molar-refractivity contribution in [3.8, 4) is 0 Å². The molecule has 4 unspecified atom stereocenters. The molecule has 3 aliphatic rings. The smallest absolute Gasteiger partial charge is 0.0690 e. The molecule has 2 heterocycles. The zero-order chi connectivity index (χ0) is 14.4. The Hall–Kier alpha value is -0.120. The zero-order valence-electron chi connectivity index (χ0n) is 13.5. The molecule has 0 aromatic rings. The van der Waals surface area contributed by atoms with E-state index in [0.717, 1.165) is 13.2 Å². The van der Waals surface area contributed by atoms with Crippen molar-refractivity contribution in [3.05, 3.63) is 0 Å². The summed E-state index contributed by atoms with van der Waals surface area (Å²) in [6.07, 6.45) is 8.28. The first-order valence-electron chi connectivity index (χ1n) is 8.61. The van der Waals surface area contributed by atoms with Crippen molar-refractivity contribution in [1.29, 1.82) is 0 Å². The van der Waals surface area contributed by atoms with Gasteiger partial charge in [-0.1, -0.05) is 26.7 Å². The molecule has 0 radical (unpaired) electrons. The number of fused-ring (bicyclic) bond motifs is 1. The topological polar surface area (TPSA) is 38.5 Å². The standard InChI is InChI=1S/C17H32N2O/c1-13-8-5-4-6-10-19(13)12-17(18)14-9-7-11-20-15(14)16(17,2)3/h13-15H,4-12,18H2,1-3H3. The van der Waals surface area contributed by atoms with E-state index in [4.69, 9.17) is 10.5 Å². The van der Waals surface area contributed by atoms with Crippen LogP contribution in [-0.4, -0.2) is 42.3 Å². The first kappa shape index (κ1) is 14.8. The summed E-state index contributed by atoms with van der Waals surface area (Å²) in [4.78, 5) is 2.67. The van der Waals surface area contributed by atoms with Crippen molar-refractivity contribution in [2.24, 2.45) is 17.1 Å². The van der Waals surface area contributed by atoms with Gasteiger partial charge in [0.25, 0.3) is 0 Å². The highest BCUT2D eigenvalue weighted by Gasteiger charge is 2.66. The Morgan fingerprint density at radius 3 is 2.75 bits per heavy atom. The molecule has 20 heavy (non-hydrogen) atoms. The van der Waals surface area contributed by atoms with E-state index in [1.54, 1.807) is 0 Å². The lowest BCUT2D eigenvalue weighted by Gasteiger charge is -2.67. The molecule has 1 aliphatic carbocycles. The van der Waals surface area contributed by atoms with Gasteiger partial charge in [-0.2, -0.15) is 0 Å². The molecular weight excluding hydrogens is 248 g/mol. The molecule has 0 bridgehead atoms. The molecule has 3 heteroatoms. The number of ether oxygens (including phenoxy) is 1. The summed E-state index contributed by atoms with van der Waals surface area (Å²) in [7, 11) is 0. The van der Waals surface area contributed by atoms with E-state index in [1.165, 1.54) is 45.1 Å². The fraction of sp³-hybridized carbons (Fsp3) is 1.00. The van der Waals surface area contributed by atoms with Crippen LogP contribution < -0.4 is 5.73 Å². The molecule has 2 aliphatic heterocycles. The maximum absolute atomic E-state index is 6.96. The Kier molecular flexibility index (Phi) is 3.89. The van der Waals surface area contributed by atoms with Gasteiger partial charge < -0.3 is 10.5 Å². The van der Waals surface area contributed by atoms with Gasteiger partial charge in [0, 0.05) is 36.1 Å². The van der Waals surface area contributed by atoms with Crippen LogP contribution in [0, 0.1) is 11.3 Å². The minimum Gasteiger partial charge on any atom is -0.377 e. The number of nitrogens with zero attached hydrogens (tertiary/aromatic N) is 1. The van der Waals surface area contributed by atoms with Crippen molar-refractivity contribution in [3.63, 3.8) is 0 Å². The highest BCUT2D eigenvalue weighted by molar-refractivity contribution is 5.21. The monoisotopic (exact) mass is 280 g/mol. The summed E-state index contributed by atoms with van der Waals surface area (Å²) in [5.74, 6) is 0.571. The van der Waals surface area contributed by atoms with Gasteiger partial charge in [0.15, 0.2) is 0 Å². The normalized spacial score (nSPS) is 45.3. The van der Waals surface area contributed by atoms with Crippen LogP contribution in [0.2, 0.25) is 0 Å². The Balaban J connectivity index is 1.74. The van der Waals surface area contributed by atoms with Gasteiger partial charge in [-0.15, -0.1) is 0 Å². The molecule has 116 valence electrons. The first-order valence-corrected chi connectivity index (χ1v) is 8.61. The van der Waals surface area contributed by atoms with Gasteiger partial charge in [-0.25, -0.2) is 0 Å². The van der Waals surface area contributed by atoms with E-state index < -0.39 is 0 Å². The van der Waals surface area contributed by atoms with Crippen molar-refractivity contribution >= 4 is 0 Å². The van der Waals surface area contributed by atoms with Gasteiger partial charge in [-0.05, 0) is 39.2 Å². The quantitative estimate of drug-likeness (QED) is 0.845. The molecular formula is C17H32N2O. The van der Waals surface area contributed by atoms with Gasteiger partial charge >= 0.3 is 0 Å². The molecule has 0 spiro atoms. The van der Waals surface area contributed by atoms with E-state index in [2.05, 4.69) is 25.7 Å². The Bertz CT molecular complexity index is 357. The third-order valence-electron chi connectivity index (χ3n) is 6.55. The van der Waals surface area contributed by atoms with Gasteiger partial charge in [0.1, 0.15) is 0 Å². The second-order valence-corrected chi connectivity index (χ2v) is 7.97. The molecule has 2 N–H and O–H groups in total. The molecule has 0 amide bonds. The minimum atomic E-state index is -0.0588. The highest BCUT2D eigenvalue weighted by Crippen LogP contribution is 2.57. The molecule has 0 aromatic carbocycles. The van der Waals surface area contributed by atoms with E-state index in [9.17, 15) is 0 Å². The molecule has 2 saturated heterocycles. The van der Waals surface area contributed by atoms with E-state index in [-0.39, 0.29) is 11.0 Å². The Labute approximate surface area is 124 Å². The highest BCUT2D eigenvalue weighted by atomic mass is 16.5. The van der Waals surface area contributed by atoms with Crippen LogP contribution in [0.3, 0.4) is 0 Å². The van der Waals surface area contributed by atoms with E-state index in [1.807, 2.05) is 0 Å². The van der Waals surface area contributed by atoms with Crippen molar-refractivity contribution in [1.82, 2.24) is 4.90 Å². The zero-order valence-corrected chi connectivity index (χ0v) is 13.5. The van der Waals surface area contributed by atoms with E-state index in [0.29, 0.717) is 18.1 Å². The number of hydrogen-bond donors (Lipinski definition) is 1. The molecule has 3 fully saturated rings. The second kappa shape index (κ2) is 5.26. The number of hydrogen-bond acceptors (Lipinski definition) is 3. The van der Waals surface area contributed by atoms with Gasteiger partial charge in [0.05, 0.1) is 6.10 Å². The number of nitrogens with two attached hydrogens (primary N) is 1. The molecule has 0 aromatic heterocycles. The molecule has 3 rings (SSSR count). The summed E-state index contributed by atoms with van der Waals surface area (Å²) in [5, 5.41) is 0. The average Bonchev–Trinajstić information content (AvgIpc) is 2.64. The van der Waals surface area contributed by atoms with Crippen LogP contribution in [0.4, 0.5) is 0 Å². The Morgan fingerprint density at radius 2 is 1.95 bits per heavy atom. The lowest BCUT2D eigenvalue weighted by molar-refractivity contribution is -0.233. The van der Waals surface area contributed by atoms with Gasteiger partial charge in [-0.3, -0.25) is 4.90 Å². The lowest BCUT2D eigenvalue weighted by Crippen LogP contribution is -2.80. The largest absolute Gasteiger partial charge is 0.377 e. The van der Waals surface area contributed by atoms with Gasteiger partial charge in [0.2, 0.25) is 0 Å². The number of likely N-dealkylation sites (tertiary alicyclic amines) is 1. The summed E-state index contributed by atoms with van der Waals surface area (Å²) >= 11 is 0. The summed E-state index contributed by atoms with van der Waals surface area (Å²) in [5.41, 5.74) is 7.01. The SMILES string of the molecule is CC1CCCCCN1CC1(N)C2CCCOC2C1(C)C. The van der Waals surface area contributed by atoms with Crippen molar-refractivity contribution < 1.29 is 4.74 Å². The molecule has 4 atom stereocenters. The third kappa shape index (κ3) is 2.13. The predicted octanol–water partition coefficient (Wildman–Crippen LogP) is 2.78. The Morgan fingerprint density at radius 1 is 1.15 bits per heavy atom. The third-order valence-corrected chi connectivity index (χ3v) is 6.55. The fourth-order valence-electron chi connectivity index (χ4n) is 4.89. The number of rotatable bonds is 2. The second-order valence-electron chi connectivity index (χ2n) is 7.97. The van der Waals surface area contributed by atoms with Crippen LogP contribution in [0.15, 0.2) is 0 Å². The van der Waals surface area contributed by atoms with Crippen molar-refractivity contribution in [2.75, 3.05) is 19.7 Å². The fourth-order valence-corrected chi connectivity index (χ4v) is 4.89. The maximum atomic E-state index is 6.96. The van der Waals surface area contributed by atoms with Crippen LogP contribution in [0.1, 0.15) is 59.3 Å². The molecule has 1 saturated carbocycles. The summed E-state index contributed by atoms with van der Waals surface area (Å²) in [6.45, 7) is 10.3. The van der Waals surface area contributed by atoms with Crippen LogP contribution in [0.5, 0.6) is 0 Å². The van der Waals surface area contributed by atoms with Crippen LogP contribution in [-0.2, 0) is 4.74 Å². The summed E-state index contributed by atoms with van der Waals surface area (Å²) in [6, 6.07) is 0.692.